The average Bonchev–Trinajstić information content (AvgIpc) is 2.28. The Kier molecular flexibility index (Phi) is 5.84. The van der Waals surface area contributed by atoms with Gasteiger partial charge in [-0.05, 0) is 30.9 Å². The molecule has 17 heavy (non-hydrogen) atoms. The predicted octanol–water partition coefficient (Wildman–Crippen LogP) is 3.05. The third kappa shape index (κ3) is 5.09. The highest BCUT2D eigenvalue weighted by atomic mass is 16.5. The van der Waals surface area contributed by atoms with Crippen LogP contribution in [-0.2, 0) is 4.74 Å². The van der Waals surface area contributed by atoms with Crippen LogP contribution >= 0.6 is 0 Å². The van der Waals surface area contributed by atoms with E-state index in [-0.39, 0.29) is 0 Å². The van der Waals surface area contributed by atoms with Crippen LogP contribution in [0.3, 0.4) is 0 Å². The fourth-order valence-corrected chi connectivity index (χ4v) is 1.51. The van der Waals surface area contributed by atoms with Crippen molar-refractivity contribution in [2.45, 2.75) is 27.2 Å². The molecule has 0 spiro atoms. The number of para-hydroxylation sites is 1. The number of nitrogen functional groups attached to an aromatic ring is 1. The fraction of sp³-hybridized carbons (Fsp3) is 0.571. The van der Waals surface area contributed by atoms with E-state index < -0.39 is 0 Å². The second-order valence-corrected chi connectivity index (χ2v) is 4.76. The van der Waals surface area contributed by atoms with Gasteiger partial charge >= 0.3 is 0 Å². The van der Waals surface area contributed by atoms with E-state index in [1.165, 1.54) is 0 Å². The number of nitrogens with two attached hydrogens (primary N) is 1. The quantitative estimate of drug-likeness (QED) is 0.565. The van der Waals surface area contributed by atoms with Gasteiger partial charge in [0.05, 0.1) is 18.0 Å². The molecule has 1 aromatic carbocycles. The normalized spacial score (nSPS) is 10.8. The van der Waals surface area contributed by atoms with Crippen LogP contribution in [0.5, 0.6) is 0 Å². The minimum atomic E-state index is 0.704. The van der Waals surface area contributed by atoms with Gasteiger partial charge in [0.1, 0.15) is 0 Å². The van der Waals surface area contributed by atoms with E-state index in [0.29, 0.717) is 5.92 Å². The van der Waals surface area contributed by atoms with Crippen molar-refractivity contribution in [3.63, 3.8) is 0 Å². The molecule has 0 bridgehead atoms. The van der Waals surface area contributed by atoms with Crippen LogP contribution < -0.4 is 11.1 Å². The first-order chi connectivity index (χ1) is 8.11. The summed E-state index contributed by atoms with van der Waals surface area (Å²) in [6.07, 6.45) is 1.12. The molecule has 3 N–H and O–H groups in total. The van der Waals surface area contributed by atoms with Crippen LogP contribution in [0, 0.1) is 12.8 Å². The minimum Gasteiger partial charge on any atom is -0.397 e. The molecule has 0 fully saturated rings. The average molecular weight is 236 g/mol. The Morgan fingerprint density at radius 3 is 2.76 bits per heavy atom. The molecule has 0 aliphatic heterocycles. The van der Waals surface area contributed by atoms with Crippen molar-refractivity contribution >= 4 is 11.4 Å². The second kappa shape index (κ2) is 7.17. The van der Waals surface area contributed by atoms with Crippen molar-refractivity contribution in [2.24, 2.45) is 5.92 Å². The van der Waals surface area contributed by atoms with Gasteiger partial charge in [0.25, 0.3) is 0 Å². The van der Waals surface area contributed by atoms with Crippen LogP contribution in [0.1, 0.15) is 25.8 Å². The van der Waals surface area contributed by atoms with Crippen molar-refractivity contribution in [3.05, 3.63) is 23.8 Å². The molecular weight excluding hydrogens is 212 g/mol. The van der Waals surface area contributed by atoms with E-state index in [0.717, 1.165) is 43.1 Å². The molecule has 0 unspecified atom stereocenters. The van der Waals surface area contributed by atoms with Gasteiger partial charge < -0.3 is 15.8 Å². The van der Waals surface area contributed by atoms with Gasteiger partial charge in [0.15, 0.2) is 0 Å². The standard InChI is InChI=1S/C14H24N2O/c1-11(2)7-9-17-10-8-16-13-6-4-5-12(3)14(13)15/h4-6,11,16H,7-10,15H2,1-3H3. The van der Waals surface area contributed by atoms with E-state index in [2.05, 4.69) is 19.2 Å². The van der Waals surface area contributed by atoms with Crippen LogP contribution in [-0.4, -0.2) is 19.8 Å². The zero-order valence-corrected chi connectivity index (χ0v) is 11.1. The molecule has 1 aromatic rings. The molecule has 0 amide bonds. The number of nitrogens with one attached hydrogen (secondary N) is 1. The van der Waals surface area contributed by atoms with Gasteiger partial charge in [-0.1, -0.05) is 26.0 Å². The number of anilines is 2. The first kappa shape index (κ1) is 13.8. The molecule has 0 aliphatic rings. The highest BCUT2D eigenvalue weighted by Gasteiger charge is 2.00. The van der Waals surface area contributed by atoms with Crippen LogP contribution in [0.2, 0.25) is 0 Å². The van der Waals surface area contributed by atoms with E-state index in [1.807, 2.05) is 25.1 Å². The third-order valence-corrected chi connectivity index (χ3v) is 2.73. The van der Waals surface area contributed by atoms with Crippen LogP contribution in [0.4, 0.5) is 11.4 Å². The van der Waals surface area contributed by atoms with Gasteiger partial charge in [-0.2, -0.15) is 0 Å². The monoisotopic (exact) mass is 236 g/mol. The number of rotatable bonds is 7. The summed E-state index contributed by atoms with van der Waals surface area (Å²) in [6.45, 7) is 8.78. The maximum Gasteiger partial charge on any atom is 0.0639 e. The van der Waals surface area contributed by atoms with Crippen molar-refractivity contribution in [3.8, 4) is 0 Å². The summed E-state index contributed by atoms with van der Waals surface area (Å²) >= 11 is 0. The number of ether oxygens (including phenoxy) is 1. The van der Waals surface area contributed by atoms with Crippen LogP contribution in [0.25, 0.3) is 0 Å². The number of benzene rings is 1. The molecule has 3 heteroatoms. The fourth-order valence-electron chi connectivity index (χ4n) is 1.51. The Hall–Kier alpha value is -1.22. The van der Waals surface area contributed by atoms with Gasteiger partial charge in [0.2, 0.25) is 0 Å². The molecule has 0 saturated heterocycles. The van der Waals surface area contributed by atoms with Gasteiger partial charge in [-0.15, -0.1) is 0 Å². The Bertz CT molecular complexity index is 337. The predicted molar refractivity (Wildman–Crippen MR) is 74.4 cm³/mol. The lowest BCUT2D eigenvalue weighted by Crippen LogP contribution is -2.12. The van der Waals surface area contributed by atoms with Crippen molar-refractivity contribution in [1.29, 1.82) is 0 Å². The summed E-state index contributed by atoms with van der Waals surface area (Å²) in [4.78, 5) is 0. The van der Waals surface area contributed by atoms with Crippen molar-refractivity contribution < 1.29 is 4.74 Å². The number of aryl methyl sites for hydroxylation is 1. The Balaban J connectivity index is 2.20. The smallest absolute Gasteiger partial charge is 0.0639 e. The Morgan fingerprint density at radius 2 is 2.06 bits per heavy atom. The van der Waals surface area contributed by atoms with Crippen molar-refractivity contribution in [1.82, 2.24) is 0 Å². The highest BCUT2D eigenvalue weighted by Crippen LogP contribution is 2.21. The zero-order chi connectivity index (χ0) is 12.7. The molecule has 0 aromatic heterocycles. The minimum absolute atomic E-state index is 0.704. The first-order valence-corrected chi connectivity index (χ1v) is 6.28. The summed E-state index contributed by atoms with van der Waals surface area (Å²) < 4.78 is 5.53. The van der Waals surface area contributed by atoms with Crippen molar-refractivity contribution in [2.75, 3.05) is 30.8 Å². The van der Waals surface area contributed by atoms with Gasteiger partial charge in [-0.3, -0.25) is 0 Å². The maximum absolute atomic E-state index is 5.96. The molecule has 96 valence electrons. The Labute approximate surface area is 104 Å². The summed E-state index contributed by atoms with van der Waals surface area (Å²) in [5.74, 6) is 0.704. The molecule has 3 nitrogen and oxygen atoms in total. The molecule has 0 radical (unpaired) electrons. The Morgan fingerprint density at radius 1 is 1.29 bits per heavy atom. The topological polar surface area (TPSA) is 47.3 Å². The summed E-state index contributed by atoms with van der Waals surface area (Å²) in [7, 11) is 0. The van der Waals surface area contributed by atoms with Gasteiger partial charge in [-0.25, -0.2) is 0 Å². The van der Waals surface area contributed by atoms with E-state index >= 15 is 0 Å². The summed E-state index contributed by atoms with van der Waals surface area (Å²) in [6, 6.07) is 6.02. The molecule has 0 saturated carbocycles. The largest absolute Gasteiger partial charge is 0.397 e. The van der Waals surface area contributed by atoms with E-state index in [1.54, 1.807) is 0 Å². The molecule has 1 rings (SSSR count). The van der Waals surface area contributed by atoms with Crippen LogP contribution in [0.15, 0.2) is 18.2 Å². The summed E-state index contributed by atoms with van der Waals surface area (Å²) in [5, 5.41) is 3.29. The lowest BCUT2D eigenvalue weighted by atomic mass is 10.1. The zero-order valence-electron chi connectivity index (χ0n) is 11.1. The number of hydrogen-bond donors (Lipinski definition) is 2. The summed E-state index contributed by atoms with van der Waals surface area (Å²) in [5.41, 5.74) is 8.89. The molecular formula is C14H24N2O. The van der Waals surface area contributed by atoms with E-state index in [4.69, 9.17) is 10.5 Å². The highest BCUT2D eigenvalue weighted by molar-refractivity contribution is 5.69. The second-order valence-electron chi connectivity index (χ2n) is 4.76. The lowest BCUT2D eigenvalue weighted by molar-refractivity contribution is 0.132. The van der Waals surface area contributed by atoms with Gasteiger partial charge in [0, 0.05) is 13.2 Å². The maximum atomic E-state index is 5.96. The lowest BCUT2D eigenvalue weighted by Gasteiger charge is -2.11. The molecule has 0 aliphatic carbocycles. The molecule has 0 heterocycles. The SMILES string of the molecule is Cc1cccc(NCCOCCC(C)C)c1N. The van der Waals surface area contributed by atoms with E-state index in [9.17, 15) is 0 Å². The number of hydrogen-bond acceptors (Lipinski definition) is 3. The molecule has 0 atom stereocenters. The third-order valence-electron chi connectivity index (χ3n) is 2.73. The first-order valence-electron chi connectivity index (χ1n) is 6.28.